The van der Waals surface area contributed by atoms with Gasteiger partial charge < -0.3 is 5.11 Å². The third-order valence-electron chi connectivity index (χ3n) is 1.79. The van der Waals surface area contributed by atoms with E-state index in [1.165, 1.54) is 0 Å². The third-order valence-corrected chi connectivity index (χ3v) is 2.29. The van der Waals surface area contributed by atoms with E-state index in [0.29, 0.717) is 5.56 Å². The molecule has 1 atom stereocenters. The Morgan fingerprint density at radius 2 is 2.40 bits per heavy atom. The molecule has 0 fully saturated rings. The normalized spacial score (nSPS) is 11.5. The molecule has 0 spiro atoms. The average Bonchev–Trinajstić information content (AvgIpc) is 2.16. The summed E-state index contributed by atoms with van der Waals surface area (Å²) >= 11 is 3.27. The molecule has 0 aliphatic rings. The average molecular weight is 270 g/mol. The summed E-state index contributed by atoms with van der Waals surface area (Å²) in [6.45, 7) is 0. The summed E-state index contributed by atoms with van der Waals surface area (Å²) in [7, 11) is 0. The molecular weight excluding hydrogens is 262 g/mol. The van der Waals surface area contributed by atoms with Crippen LogP contribution in [0.2, 0.25) is 0 Å². The predicted molar refractivity (Wildman–Crippen MR) is 58.3 cm³/mol. The van der Waals surface area contributed by atoms with Crippen LogP contribution in [0, 0.1) is 0 Å². The molecule has 0 bridgehead atoms. The molecule has 0 aliphatic heterocycles. The van der Waals surface area contributed by atoms with Gasteiger partial charge in [0.05, 0.1) is 12.5 Å². The molecule has 0 saturated carbocycles. The van der Waals surface area contributed by atoms with Crippen LogP contribution in [0.5, 0.6) is 0 Å². The van der Waals surface area contributed by atoms with Crippen LogP contribution in [-0.4, -0.2) is 11.1 Å². The highest BCUT2D eigenvalue weighted by Gasteiger charge is 2.13. The first-order chi connectivity index (χ1) is 7.13. The lowest BCUT2D eigenvalue weighted by molar-refractivity contribution is -0.137. The quantitative estimate of drug-likeness (QED) is 0.517. The van der Waals surface area contributed by atoms with Gasteiger partial charge in [-0.25, -0.2) is 0 Å². The number of hydrogen-bond donors (Lipinski definition) is 1. The minimum absolute atomic E-state index is 0.208. The van der Waals surface area contributed by atoms with Gasteiger partial charge in [-0.15, -0.1) is 0 Å². The van der Waals surface area contributed by atoms with Crippen LogP contribution in [-0.2, 0) is 4.79 Å². The van der Waals surface area contributed by atoms with E-state index in [0.717, 1.165) is 4.47 Å². The Balaban J connectivity index is 2.98. The van der Waals surface area contributed by atoms with Crippen molar-refractivity contribution in [3.8, 4) is 0 Å². The lowest BCUT2D eigenvalue weighted by Gasteiger charge is -2.08. The molecular formula is C9H8BrN3O2. The Bertz CT molecular complexity index is 416. The fourth-order valence-electron chi connectivity index (χ4n) is 1.17. The molecule has 15 heavy (non-hydrogen) atoms. The Hall–Kier alpha value is -1.52. The summed E-state index contributed by atoms with van der Waals surface area (Å²) in [4.78, 5) is 13.2. The largest absolute Gasteiger partial charge is 0.481 e. The Morgan fingerprint density at radius 3 is 2.93 bits per heavy atom. The number of aliphatic carboxylic acids is 1. The van der Waals surface area contributed by atoms with Crippen molar-refractivity contribution in [2.24, 2.45) is 5.11 Å². The number of azide groups is 1. The Labute approximate surface area is 94.5 Å². The van der Waals surface area contributed by atoms with Crippen molar-refractivity contribution in [3.05, 3.63) is 44.7 Å². The van der Waals surface area contributed by atoms with E-state index < -0.39 is 12.0 Å². The van der Waals surface area contributed by atoms with Crippen molar-refractivity contribution in [2.45, 2.75) is 12.5 Å². The minimum atomic E-state index is -0.993. The summed E-state index contributed by atoms with van der Waals surface area (Å²) < 4.78 is 0.823. The summed E-state index contributed by atoms with van der Waals surface area (Å²) in [6.07, 6.45) is -0.208. The highest BCUT2D eigenvalue weighted by Crippen LogP contribution is 2.24. The molecule has 1 rings (SSSR count). The van der Waals surface area contributed by atoms with Crippen LogP contribution in [0.1, 0.15) is 18.0 Å². The van der Waals surface area contributed by atoms with Crippen LogP contribution < -0.4 is 0 Å². The summed E-state index contributed by atoms with van der Waals surface area (Å²) in [5.41, 5.74) is 9.02. The van der Waals surface area contributed by atoms with Crippen LogP contribution in [0.15, 0.2) is 33.9 Å². The maximum atomic E-state index is 10.5. The molecule has 1 unspecified atom stereocenters. The highest BCUT2D eigenvalue weighted by atomic mass is 79.9. The van der Waals surface area contributed by atoms with Crippen LogP contribution in [0.25, 0.3) is 10.4 Å². The van der Waals surface area contributed by atoms with Gasteiger partial charge in [0, 0.05) is 9.38 Å². The van der Waals surface area contributed by atoms with E-state index in [9.17, 15) is 4.79 Å². The summed E-state index contributed by atoms with van der Waals surface area (Å²) in [5.74, 6) is -0.993. The number of carboxylic acids is 1. The van der Waals surface area contributed by atoms with E-state index >= 15 is 0 Å². The number of carboxylic acid groups (broad SMARTS) is 1. The fraction of sp³-hybridized carbons (Fsp3) is 0.222. The lowest BCUT2D eigenvalue weighted by atomic mass is 10.1. The molecule has 0 aliphatic carbocycles. The molecule has 1 aromatic carbocycles. The highest BCUT2D eigenvalue weighted by molar-refractivity contribution is 9.10. The molecule has 0 saturated heterocycles. The molecule has 0 heterocycles. The van der Waals surface area contributed by atoms with Crippen LogP contribution in [0.4, 0.5) is 0 Å². The van der Waals surface area contributed by atoms with Crippen molar-refractivity contribution in [3.63, 3.8) is 0 Å². The second-order valence-electron chi connectivity index (χ2n) is 2.87. The zero-order valence-electron chi connectivity index (χ0n) is 7.67. The van der Waals surface area contributed by atoms with Crippen molar-refractivity contribution in [1.29, 1.82) is 0 Å². The topological polar surface area (TPSA) is 86.1 Å². The second-order valence-corrected chi connectivity index (χ2v) is 3.79. The molecule has 5 nitrogen and oxygen atoms in total. The maximum Gasteiger partial charge on any atom is 0.304 e. The zero-order valence-corrected chi connectivity index (χ0v) is 9.25. The van der Waals surface area contributed by atoms with Crippen molar-refractivity contribution in [1.82, 2.24) is 0 Å². The van der Waals surface area contributed by atoms with E-state index in [2.05, 4.69) is 26.0 Å². The predicted octanol–water partition coefficient (Wildman–Crippen LogP) is 3.28. The van der Waals surface area contributed by atoms with E-state index in [1.807, 2.05) is 6.07 Å². The van der Waals surface area contributed by atoms with Gasteiger partial charge in [0.15, 0.2) is 0 Å². The lowest BCUT2D eigenvalue weighted by Crippen LogP contribution is -2.03. The SMILES string of the molecule is [N-]=[N+]=NC(CC(=O)O)c1cccc(Br)c1. The van der Waals surface area contributed by atoms with Crippen molar-refractivity contribution >= 4 is 21.9 Å². The first-order valence-electron chi connectivity index (χ1n) is 4.15. The zero-order chi connectivity index (χ0) is 11.3. The first-order valence-corrected chi connectivity index (χ1v) is 4.94. The third kappa shape index (κ3) is 3.61. The van der Waals surface area contributed by atoms with Gasteiger partial charge >= 0.3 is 5.97 Å². The molecule has 78 valence electrons. The number of hydrogen-bond acceptors (Lipinski definition) is 2. The fourth-order valence-corrected chi connectivity index (χ4v) is 1.58. The van der Waals surface area contributed by atoms with Gasteiger partial charge in [-0.1, -0.05) is 33.2 Å². The number of halogens is 1. The molecule has 0 radical (unpaired) electrons. The standard InChI is InChI=1S/C9H8BrN3O2/c10-7-3-1-2-6(4-7)8(12-13-11)5-9(14)15/h1-4,8H,5H2,(H,14,15). The van der Waals surface area contributed by atoms with Crippen molar-refractivity contribution < 1.29 is 9.90 Å². The smallest absolute Gasteiger partial charge is 0.304 e. The van der Waals surface area contributed by atoms with Crippen molar-refractivity contribution in [2.75, 3.05) is 0 Å². The van der Waals surface area contributed by atoms with E-state index in [1.54, 1.807) is 18.2 Å². The minimum Gasteiger partial charge on any atom is -0.481 e. The summed E-state index contributed by atoms with van der Waals surface area (Å²) in [5, 5.41) is 12.1. The summed E-state index contributed by atoms with van der Waals surface area (Å²) in [6, 6.07) is 6.39. The van der Waals surface area contributed by atoms with Gasteiger partial charge in [0.2, 0.25) is 0 Å². The van der Waals surface area contributed by atoms with Gasteiger partial charge in [-0.2, -0.15) is 0 Å². The molecule has 0 aromatic heterocycles. The van der Waals surface area contributed by atoms with Gasteiger partial charge in [0.25, 0.3) is 0 Å². The van der Waals surface area contributed by atoms with E-state index in [4.69, 9.17) is 10.6 Å². The molecule has 6 heteroatoms. The first kappa shape index (κ1) is 11.6. The molecule has 1 aromatic rings. The Kier molecular flexibility index (Phi) is 4.15. The van der Waals surface area contributed by atoms with Gasteiger partial charge in [-0.05, 0) is 23.2 Å². The van der Waals surface area contributed by atoms with Gasteiger partial charge in [0.1, 0.15) is 0 Å². The van der Waals surface area contributed by atoms with E-state index in [-0.39, 0.29) is 6.42 Å². The van der Waals surface area contributed by atoms with Crippen LogP contribution in [0.3, 0.4) is 0 Å². The Morgan fingerprint density at radius 1 is 1.67 bits per heavy atom. The molecule has 0 amide bonds. The van der Waals surface area contributed by atoms with Gasteiger partial charge in [-0.3, -0.25) is 4.79 Å². The second kappa shape index (κ2) is 5.38. The van der Waals surface area contributed by atoms with Crippen LogP contribution >= 0.6 is 15.9 Å². The number of benzene rings is 1. The molecule has 1 N–H and O–H groups in total. The number of rotatable bonds is 4. The maximum absolute atomic E-state index is 10.5. The number of carbonyl (C=O) groups is 1. The monoisotopic (exact) mass is 269 g/mol. The number of nitrogens with zero attached hydrogens (tertiary/aromatic N) is 3.